The lowest BCUT2D eigenvalue weighted by molar-refractivity contribution is -0.142. The highest BCUT2D eigenvalue weighted by molar-refractivity contribution is 9.13. The SMILES string of the molecule is CCOC(=O)Cc1ccc(Br)c(Br)c1N. The highest BCUT2D eigenvalue weighted by atomic mass is 79.9. The largest absolute Gasteiger partial charge is 0.466 e. The Morgan fingerprint density at radius 1 is 1.47 bits per heavy atom. The molecule has 0 unspecified atom stereocenters. The normalized spacial score (nSPS) is 10.1. The van der Waals surface area contributed by atoms with E-state index in [1.165, 1.54) is 0 Å². The lowest BCUT2D eigenvalue weighted by Gasteiger charge is -2.08. The van der Waals surface area contributed by atoms with E-state index in [-0.39, 0.29) is 12.4 Å². The van der Waals surface area contributed by atoms with Crippen molar-refractivity contribution in [2.75, 3.05) is 12.3 Å². The van der Waals surface area contributed by atoms with Gasteiger partial charge in [-0.2, -0.15) is 0 Å². The van der Waals surface area contributed by atoms with Gasteiger partial charge in [0, 0.05) is 4.47 Å². The van der Waals surface area contributed by atoms with Gasteiger partial charge in [0.25, 0.3) is 0 Å². The van der Waals surface area contributed by atoms with Crippen molar-refractivity contribution < 1.29 is 9.53 Å². The molecule has 2 N–H and O–H groups in total. The number of ether oxygens (including phenoxy) is 1. The third-order valence-corrected chi connectivity index (χ3v) is 3.91. The standard InChI is InChI=1S/C10H11Br2NO2/c1-2-15-8(14)5-6-3-4-7(11)9(12)10(6)13/h3-4H,2,5,13H2,1H3. The van der Waals surface area contributed by atoms with Gasteiger partial charge in [-0.1, -0.05) is 6.07 Å². The second-order valence-electron chi connectivity index (χ2n) is 2.92. The van der Waals surface area contributed by atoms with Crippen LogP contribution in [0.4, 0.5) is 5.69 Å². The second-order valence-corrected chi connectivity index (χ2v) is 4.56. The fourth-order valence-electron chi connectivity index (χ4n) is 1.13. The third kappa shape index (κ3) is 3.21. The molecule has 5 heteroatoms. The van der Waals surface area contributed by atoms with Crippen LogP contribution in [0.25, 0.3) is 0 Å². The molecule has 0 aromatic heterocycles. The average Bonchev–Trinajstić information content (AvgIpc) is 2.20. The lowest BCUT2D eigenvalue weighted by atomic mass is 10.1. The molecule has 0 aliphatic carbocycles. The number of carbonyl (C=O) groups excluding carboxylic acids is 1. The number of esters is 1. The maximum Gasteiger partial charge on any atom is 0.310 e. The van der Waals surface area contributed by atoms with Crippen molar-refractivity contribution in [1.29, 1.82) is 0 Å². The number of carbonyl (C=O) groups is 1. The quantitative estimate of drug-likeness (QED) is 0.682. The number of nitrogen functional groups attached to an aromatic ring is 1. The predicted molar refractivity (Wildman–Crippen MR) is 66.6 cm³/mol. The third-order valence-electron chi connectivity index (χ3n) is 1.86. The van der Waals surface area contributed by atoms with Crippen molar-refractivity contribution in [1.82, 2.24) is 0 Å². The summed E-state index contributed by atoms with van der Waals surface area (Å²) >= 11 is 6.67. The molecule has 1 aromatic rings. The van der Waals surface area contributed by atoms with Crippen LogP contribution in [0.15, 0.2) is 21.1 Å². The van der Waals surface area contributed by atoms with E-state index < -0.39 is 0 Å². The van der Waals surface area contributed by atoms with Crippen LogP contribution < -0.4 is 5.73 Å². The topological polar surface area (TPSA) is 52.3 Å². The van der Waals surface area contributed by atoms with E-state index in [9.17, 15) is 4.79 Å². The van der Waals surface area contributed by atoms with E-state index in [4.69, 9.17) is 10.5 Å². The molecule has 1 rings (SSSR count). The van der Waals surface area contributed by atoms with Crippen molar-refractivity contribution in [2.45, 2.75) is 13.3 Å². The summed E-state index contributed by atoms with van der Waals surface area (Å²) in [5.41, 5.74) is 7.18. The second kappa shape index (κ2) is 5.51. The van der Waals surface area contributed by atoms with Gasteiger partial charge in [-0.25, -0.2) is 0 Å². The molecule has 0 amide bonds. The monoisotopic (exact) mass is 335 g/mol. The molecule has 0 spiro atoms. The summed E-state index contributed by atoms with van der Waals surface area (Å²) in [6.07, 6.45) is 0.200. The van der Waals surface area contributed by atoms with Gasteiger partial charge in [0.2, 0.25) is 0 Å². The van der Waals surface area contributed by atoms with Gasteiger partial charge in [-0.05, 0) is 50.4 Å². The fraction of sp³-hybridized carbons (Fsp3) is 0.300. The number of nitrogens with two attached hydrogens (primary N) is 1. The zero-order chi connectivity index (χ0) is 11.4. The Bertz CT molecular complexity index is 380. The van der Waals surface area contributed by atoms with Gasteiger partial charge in [0.15, 0.2) is 0 Å². The number of rotatable bonds is 3. The van der Waals surface area contributed by atoms with Crippen LogP contribution in [0.5, 0.6) is 0 Å². The smallest absolute Gasteiger partial charge is 0.310 e. The van der Waals surface area contributed by atoms with Gasteiger partial charge < -0.3 is 10.5 Å². The van der Waals surface area contributed by atoms with Crippen molar-refractivity contribution in [3.05, 3.63) is 26.6 Å². The summed E-state index contributed by atoms with van der Waals surface area (Å²) in [7, 11) is 0. The summed E-state index contributed by atoms with van der Waals surface area (Å²) in [4.78, 5) is 11.3. The summed E-state index contributed by atoms with van der Waals surface area (Å²) in [6, 6.07) is 3.65. The lowest BCUT2D eigenvalue weighted by Crippen LogP contribution is -2.09. The summed E-state index contributed by atoms with van der Waals surface area (Å²) < 4.78 is 6.49. The van der Waals surface area contributed by atoms with E-state index in [0.29, 0.717) is 12.3 Å². The van der Waals surface area contributed by atoms with E-state index in [1.54, 1.807) is 13.0 Å². The van der Waals surface area contributed by atoms with E-state index >= 15 is 0 Å². The van der Waals surface area contributed by atoms with E-state index in [1.807, 2.05) is 6.07 Å². The number of halogens is 2. The molecule has 0 bridgehead atoms. The molecule has 0 aliphatic rings. The highest BCUT2D eigenvalue weighted by Gasteiger charge is 2.11. The minimum absolute atomic E-state index is 0.200. The Balaban J connectivity index is 2.87. The zero-order valence-electron chi connectivity index (χ0n) is 8.22. The minimum atomic E-state index is -0.265. The van der Waals surface area contributed by atoms with Crippen LogP contribution in [0.3, 0.4) is 0 Å². The van der Waals surface area contributed by atoms with Crippen LogP contribution in [-0.4, -0.2) is 12.6 Å². The maximum absolute atomic E-state index is 11.3. The Labute approximate surface area is 105 Å². The first-order valence-electron chi connectivity index (χ1n) is 4.44. The van der Waals surface area contributed by atoms with Crippen molar-refractivity contribution in [3.63, 3.8) is 0 Å². The molecule has 15 heavy (non-hydrogen) atoms. The van der Waals surface area contributed by atoms with Crippen LogP contribution in [0, 0.1) is 0 Å². The highest BCUT2D eigenvalue weighted by Crippen LogP contribution is 2.31. The number of hydrogen-bond donors (Lipinski definition) is 1. The van der Waals surface area contributed by atoms with Crippen LogP contribution in [0.1, 0.15) is 12.5 Å². The average molecular weight is 337 g/mol. The first kappa shape index (κ1) is 12.5. The molecule has 0 fully saturated rings. The maximum atomic E-state index is 11.3. The van der Waals surface area contributed by atoms with Crippen LogP contribution in [-0.2, 0) is 16.0 Å². The van der Waals surface area contributed by atoms with E-state index in [0.717, 1.165) is 14.5 Å². The molecular formula is C10H11Br2NO2. The molecule has 82 valence electrons. The molecule has 0 heterocycles. The van der Waals surface area contributed by atoms with E-state index in [2.05, 4.69) is 31.9 Å². The molecule has 0 aliphatic heterocycles. The zero-order valence-corrected chi connectivity index (χ0v) is 11.4. The molecule has 0 radical (unpaired) electrons. The molecule has 3 nitrogen and oxygen atoms in total. The molecular weight excluding hydrogens is 326 g/mol. The van der Waals surface area contributed by atoms with Gasteiger partial charge in [0.1, 0.15) is 0 Å². The van der Waals surface area contributed by atoms with Gasteiger partial charge >= 0.3 is 5.97 Å². The Hall–Kier alpha value is -0.550. The minimum Gasteiger partial charge on any atom is -0.466 e. The van der Waals surface area contributed by atoms with Crippen molar-refractivity contribution >= 4 is 43.5 Å². The predicted octanol–water partition coefficient (Wildman–Crippen LogP) is 2.90. The van der Waals surface area contributed by atoms with Crippen molar-refractivity contribution in [2.24, 2.45) is 0 Å². The molecule has 0 saturated carbocycles. The van der Waals surface area contributed by atoms with Gasteiger partial charge in [-0.15, -0.1) is 0 Å². The number of anilines is 1. The van der Waals surface area contributed by atoms with Crippen LogP contribution >= 0.6 is 31.9 Å². The Kier molecular flexibility index (Phi) is 4.60. The molecule has 0 saturated heterocycles. The summed E-state index contributed by atoms with van der Waals surface area (Å²) in [5, 5.41) is 0. The van der Waals surface area contributed by atoms with Gasteiger partial charge in [0.05, 0.1) is 23.2 Å². The van der Waals surface area contributed by atoms with Crippen LogP contribution in [0.2, 0.25) is 0 Å². The Morgan fingerprint density at radius 2 is 2.13 bits per heavy atom. The number of benzene rings is 1. The first-order chi connectivity index (χ1) is 7.06. The van der Waals surface area contributed by atoms with Crippen molar-refractivity contribution in [3.8, 4) is 0 Å². The summed E-state index contributed by atoms with van der Waals surface area (Å²) in [5.74, 6) is -0.265. The molecule has 0 atom stereocenters. The number of hydrogen-bond acceptors (Lipinski definition) is 3. The van der Waals surface area contributed by atoms with Gasteiger partial charge in [-0.3, -0.25) is 4.79 Å². The Morgan fingerprint density at radius 3 is 2.73 bits per heavy atom. The molecule has 1 aromatic carbocycles. The first-order valence-corrected chi connectivity index (χ1v) is 6.02. The summed E-state index contributed by atoms with van der Waals surface area (Å²) in [6.45, 7) is 2.16. The fourth-order valence-corrected chi connectivity index (χ4v) is 1.86.